The summed E-state index contributed by atoms with van der Waals surface area (Å²) in [5, 5.41) is 1.02. The van der Waals surface area contributed by atoms with Crippen molar-refractivity contribution >= 4 is 114 Å². The summed E-state index contributed by atoms with van der Waals surface area (Å²) in [7, 11) is 0. The summed E-state index contributed by atoms with van der Waals surface area (Å²) >= 11 is 23.4. The Balaban J connectivity index is 1.55. The molecule has 0 atom stereocenters. The molecule has 1 fully saturated rings. The van der Waals surface area contributed by atoms with Gasteiger partial charge in [-0.3, -0.25) is 9.69 Å². The minimum Gasteiger partial charge on any atom is -0.487 e. The third-order valence-electron chi connectivity index (χ3n) is 5.23. The number of hydrogen-bond donors (Lipinski definition) is 0. The smallest absolute Gasteiger partial charge is 0.270 e. The van der Waals surface area contributed by atoms with E-state index in [2.05, 4.69) is 45.2 Å². The van der Waals surface area contributed by atoms with E-state index in [4.69, 9.17) is 40.2 Å². The van der Waals surface area contributed by atoms with E-state index in [1.807, 2.05) is 56.3 Å². The molecule has 4 rings (SSSR count). The minimum absolute atomic E-state index is 0.108. The van der Waals surface area contributed by atoms with E-state index in [0.29, 0.717) is 25.9 Å². The second-order valence-corrected chi connectivity index (χ2v) is 12.5. The van der Waals surface area contributed by atoms with Crippen molar-refractivity contribution < 1.29 is 9.53 Å². The monoisotopic (exact) mass is 751 g/mol. The van der Waals surface area contributed by atoms with E-state index in [1.165, 1.54) is 17.3 Å². The van der Waals surface area contributed by atoms with Gasteiger partial charge in [-0.15, -0.1) is 0 Å². The molecule has 174 valence electrons. The van der Waals surface area contributed by atoms with Gasteiger partial charge in [-0.25, -0.2) is 0 Å². The molecule has 3 aromatic rings. The van der Waals surface area contributed by atoms with Crippen molar-refractivity contribution in [3.05, 3.63) is 92.9 Å². The fraction of sp³-hybridized carbons (Fsp3) is 0.120. The number of benzene rings is 3. The molecule has 1 saturated heterocycles. The van der Waals surface area contributed by atoms with Crippen LogP contribution in [0.15, 0.2) is 53.4 Å². The van der Waals surface area contributed by atoms with Crippen LogP contribution in [0.25, 0.3) is 6.08 Å². The lowest BCUT2D eigenvalue weighted by Crippen LogP contribution is -2.27. The molecular formula is C25H17Cl2I2NO2S2. The van der Waals surface area contributed by atoms with Crippen LogP contribution in [0.4, 0.5) is 5.69 Å². The molecule has 0 N–H and O–H groups in total. The van der Waals surface area contributed by atoms with E-state index >= 15 is 0 Å². The van der Waals surface area contributed by atoms with E-state index in [-0.39, 0.29) is 5.91 Å². The Labute approximate surface area is 245 Å². The van der Waals surface area contributed by atoms with Gasteiger partial charge in [-0.1, -0.05) is 59.3 Å². The third-order valence-corrected chi connectivity index (χ3v) is 8.87. The van der Waals surface area contributed by atoms with Crippen molar-refractivity contribution in [2.75, 3.05) is 4.90 Å². The van der Waals surface area contributed by atoms with Crippen LogP contribution in [0, 0.1) is 21.0 Å². The second-order valence-electron chi connectivity index (χ2n) is 7.64. The van der Waals surface area contributed by atoms with Crippen molar-refractivity contribution in [1.82, 2.24) is 0 Å². The summed E-state index contributed by atoms with van der Waals surface area (Å²) in [6, 6.07) is 15.4. The molecule has 1 aliphatic heterocycles. The molecule has 3 nitrogen and oxygen atoms in total. The first-order chi connectivity index (χ1) is 16.1. The maximum absolute atomic E-state index is 13.2. The molecular weight excluding hydrogens is 735 g/mol. The van der Waals surface area contributed by atoms with Gasteiger partial charge in [0.25, 0.3) is 5.91 Å². The van der Waals surface area contributed by atoms with E-state index in [0.717, 1.165) is 35.3 Å². The number of anilines is 1. The zero-order chi connectivity index (χ0) is 24.6. The zero-order valence-corrected chi connectivity index (χ0v) is 25.5. The molecule has 0 saturated carbocycles. The molecule has 0 spiro atoms. The number of thioether (sulfide) groups is 1. The predicted octanol–water partition coefficient (Wildman–Crippen LogP) is 8.80. The summed E-state index contributed by atoms with van der Waals surface area (Å²) in [5.74, 6) is 0.676. The van der Waals surface area contributed by atoms with Gasteiger partial charge in [0.2, 0.25) is 0 Å². The molecule has 1 amide bonds. The lowest BCUT2D eigenvalue weighted by atomic mass is 10.1. The van der Waals surface area contributed by atoms with Gasteiger partial charge in [-0.2, -0.15) is 0 Å². The van der Waals surface area contributed by atoms with Gasteiger partial charge in [0.1, 0.15) is 12.4 Å². The van der Waals surface area contributed by atoms with Gasteiger partial charge in [0.15, 0.2) is 4.32 Å². The fourth-order valence-corrected chi connectivity index (χ4v) is 7.04. The lowest BCUT2D eigenvalue weighted by molar-refractivity contribution is -0.113. The van der Waals surface area contributed by atoms with Crippen LogP contribution in [-0.2, 0) is 11.4 Å². The average molecular weight is 752 g/mol. The first-order valence-electron chi connectivity index (χ1n) is 10.0. The van der Waals surface area contributed by atoms with Crippen LogP contribution in [-0.4, -0.2) is 10.2 Å². The van der Waals surface area contributed by atoms with E-state index in [9.17, 15) is 4.79 Å². The van der Waals surface area contributed by atoms with Crippen molar-refractivity contribution in [2.24, 2.45) is 0 Å². The third kappa shape index (κ3) is 5.75. The molecule has 0 unspecified atom stereocenters. The number of thiocarbonyl (C=S) groups is 1. The summed E-state index contributed by atoms with van der Waals surface area (Å²) in [6.45, 7) is 4.45. The van der Waals surface area contributed by atoms with Crippen LogP contribution >= 0.6 is 92.4 Å². The molecule has 1 aliphatic rings. The summed E-state index contributed by atoms with van der Waals surface area (Å²) in [5.41, 5.74) is 4.94. The Morgan fingerprint density at radius 2 is 1.71 bits per heavy atom. The summed E-state index contributed by atoms with van der Waals surface area (Å²) in [6.07, 6.45) is 1.88. The summed E-state index contributed by atoms with van der Waals surface area (Å²) in [4.78, 5) is 15.4. The van der Waals surface area contributed by atoms with Gasteiger partial charge in [0, 0.05) is 0 Å². The number of carbonyl (C=O) groups excluding carboxylic acids is 1. The number of halogens is 4. The van der Waals surface area contributed by atoms with E-state index in [1.54, 1.807) is 17.0 Å². The number of amides is 1. The standard InChI is InChI=1S/C25H17Cl2I2NO2S2/c1-13-3-5-17(7-14(13)2)30-24(31)22(34-25(30)33)11-16-9-20(28)23(21(29)10-16)32-12-15-4-6-18(26)19(27)8-15/h3-11H,12H2,1-2H3/b22-11+. The Morgan fingerprint density at radius 1 is 1.00 bits per heavy atom. The Morgan fingerprint density at radius 3 is 2.35 bits per heavy atom. The van der Waals surface area contributed by atoms with Crippen LogP contribution in [0.2, 0.25) is 10.0 Å². The fourth-order valence-electron chi connectivity index (χ4n) is 3.29. The molecule has 0 aromatic heterocycles. The van der Waals surface area contributed by atoms with Gasteiger partial charge in [-0.05, 0) is 124 Å². The number of rotatable bonds is 5. The number of nitrogens with zero attached hydrogens (tertiary/aromatic N) is 1. The SMILES string of the molecule is Cc1ccc(N2C(=O)/C(=C\c3cc(I)c(OCc4ccc(Cl)c(Cl)c4)c(I)c3)SC2=S)cc1C. The highest BCUT2D eigenvalue weighted by Gasteiger charge is 2.33. The molecule has 9 heteroatoms. The maximum atomic E-state index is 13.2. The predicted molar refractivity (Wildman–Crippen MR) is 164 cm³/mol. The van der Waals surface area contributed by atoms with Gasteiger partial charge < -0.3 is 4.74 Å². The molecule has 34 heavy (non-hydrogen) atoms. The van der Waals surface area contributed by atoms with E-state index < -0.39 is 0 Å². The van der Waals surface area contributed by atoms with Crippen molar-refractivity contribution in [3.8, 4) is 5.75 Å². The first-order valence-corrected chi connectivity index (χ1v) is 14.2. The second kappa shape index (κ2) is 11.0. The highest BCUT2D eigenvalue weighted by molar-refractivity contribution is 14.1. The first kappa shape index (κ1) is 26.2. The van der Waals surface area contributed by atoms with Crippen molar-refractivity contribution in [3.63, 3.8) is 0 Å². The number of ether oxygens (including phenoxy) is 1. The quantitative estimate of drug-likeness (QED) is 0.148. The zero-order valence-electron chi connectivity index (χ0n) is 18.0. The Hall–Kier alpha value is -0.850. The highest BCUT2D eigenvalue weighted by Crippen LogP contribution is 2.38. The van der Waals surface area contributed by atoms with Crippen LogP contribution < -0.4 is 9.64 Å². The Bertz CT molecular complexity index is 1340. The topological polar surface area (TPSA) is 29.5 Å². The molecule has 0 bridgehead atoms. The van der Waals surface area contributed by atoms with Crippen LogP contribution in [0.5, 0.6) is 5.75 Å². The number of carbonyl (C=O) groups is 1. The minimum atomic E-state index is -0.108. The molecule has 0 radical (unpaired) electrons. The lowest BCUT2D eigenvalue weighted by Gasteiger charge is -2.16. The number of aryl methyl sites for hydroxylation is 2. The number of hydrogen-bond acceptors (Lipinski definition) is 4. The van der Waals surface area contributed by atoms with Crippen LogP contribution in [0.1, 0.15) is 22.3 Å². The highest BCUT2D eigenvalue weighted by atomic mass is 127. The molecule has 3 aromatic carbocycles. The van der Waals surface area contributed by atoms with Gasteiger partial charge >= 0.3 is 0 Å². The van der Waals surface area contributed by atoms with Crippen molar-refractivity contribution in [1.29, 1.82) is 0 Å². The maximum Gasteiger partial charge on any atom is 0.270 e. The van der Waals surface area contributed by atoms with Crippen LogP contribution in [0.3, 0.4) is 0 Å². The molecule has 0 aliphatic carbocycles. The average Bonchev–Trinajstić information content (AvgIpc) is 3.05. The van der Waals surface area contributed by atoms with Gasteiger partial charge in [0.05, 0.1) is 27.8 Å². The Kier molecular flexibility index (Phi) is 8.52. The normalized spacial score (nSPS) is 14.9. The van der Waals surface area contributed by atoms with Crippen molar-refractivity contribution in [2.45, 2.75) is 20.5 Å². The largest absolute Gasteiger partial charge is 0.487 e. The molecule has 1 heterocycles. The summed E-state index contributed by atoms with van der Waals surface area (Å²) < 4.78 is 8.49.